The van der Waals surface area contributed by atoms with E-state index in [1.807, 2.05) is 0 Å². The Bertz CT molecular complexity index is 1140. The molecule has 1 N–H and O–H groups in total. The summed E-state index contributed by atoms with van der Waals surface area (Å²) in [6.07, 6.45) is 0. The SMILES string of the molecule is Cc1cc(-c2ccc(S(=O)(=O)Nc3c(C)cccc3[N+](=O)[O-])c(C)c2)on1. The molecule has 0 spiro atoms. The number of nitro groups is 1. The quantitative estimate of drug-likeness (QED) is 0.523. The molecule has 0 amide bonds. The van der Waals surface area contributed by atoms with E-state index in [1.54, 1.807) is 45.0 Å². The second-order valence-electron chi connectivity index (χ2n) is 6.14. The van der Waals surface area contributed by atoms with Crippen molar-refractivity contribution in [3.05, 3.63) is 69.4 Å². The maximum Gasteiger partial charge on any atom is 0.293 e. The second-order valence-corrected chi connectivity index (χ2v) is 7.80. The number of hydrogen-bond acceptors (Lipinski definition) is 6. The molecule has 0 radical (unpaired) electrons. The van der Waals surface area contributed by atoms with E-state index >= 15 is 0 Å². The maximum absolute atomic E-state index is 12.8. The molecule has 140 valence electrons. The summed E-state index contributed by atoms with van der Waals surface area (Å²) in [7, 11) is -4.02. The molecule has 2 aromatic carbocycles. The summed E-state index contributed by atoms with van der Waals surface area (Å²) in [5, 5.41) is 15.0. The molecule has 0 unspecified atom stereocenters. The van der Waals surface area contributed by atoms with Crippen molar-refractivity contribution in [3.63, 3.8) is 0 Å². The molecule has 1 aromatic heterocycles. The van der Waals surface area contributed by atoms with Gasteiger partial charge in [0.15, 0.2) is 5.76 Å². The Labute approximate surface area is 156 Å². The van der Waals surface area contributed by atoms with Crippen molar-refractivity contribution in [1.82, 2.24) is 5.16 Å². The van der Waals surface area contributed by atoms with Crippen molar-refractivity contribution in [2.75, 3.05) is 4.72 Å². The lowest BCUT2D eigenvalue weighted by Crippen LogP contribution is -2.16. The normalized spacial score (nSPS) is 11.4. The van der Waals surface area contributed by atoms with Gasteiger partial charge in [0.05, 0.1) is 15.5 Å². The van der Waals surface area contributed by atoms with Gasteiger partial charge in [-0.3, -0.25) is 14.8 Å². The number of benzene rings is 2. The minimum absolute atomic E-state index is 0.0278. The molecule has 0 atom stereocenters. The molecule has 0 fully saturated rings. The molecule has 9 heteroatoms. The number of nitrogens with zero attached hydrogens (tertiary/aromatic N) is 2. The van der Waals surface area contributed by atoms with Gasteiger partial charge in [0.2, 0.25) is 0 Å². The van der Waals surface area contributed by atoms with Crippen molar-refractivity contribution in [1.29, 1.82) is 0 Å². The molecule has 0 aliphatic heterocycles. The van der Waals surface area contributed by atoms with E-state index in [-0.39, 0.29) is 16.3 Å². The van der Waals surface area contributed by atoms with Crippen molar-refractivity contribution in [3.8, 4) is 11.3 Å². The number of sulfonamides is 1. The first-order valence-corrected chi connectivity index (χ1v) is 9.48. The third kappa shape index (κ3) is 3.68. The molecule has 0 aliphatic rings. The fourth-order valence-electron chi connectivity index (χ4n) is 2.73. The van der Waals surface area contributed by atoms with Crippen molar-refractivity contribution in [2.45, 2.75) is 25.7 Å². The first kappa shape index (κ1) is 18.6. The van der Waals surface area contributed by atoms with Crippen LogP contribution in [0.2, 0.25) is 0 Å². The largest absolute Gasteiger partial charge is 0.356 e. The lowest BCUT2D eigenvalue weighted by molar-refractivity contribution is -0.383. The molecule has 3 aromatic rings. The third-order valence-corrected chi connectivity index (χ3v) is 5.57. The number of anilines is 1. The Morgan fingerprint density at radius 1 is 1.07 bits per heavy atom. The fourth-order valence-corrected chi connectivity index (χ4v) is 4.10. The van der Waals surface area contributed by atoms with E-state index in [9.17, 15) is 18.5 Å². The van der Waals surface area contributed by atoms with Crippen LogP contribution in [0.3, 0.4) is 0 Å². The van der Waals surface area contributed by atoms with Crippen LogP contribution in [0.1, 0.15) is 16.8 Å². The number of para-hydroxylation sites is 1. The highest BCUT2D eigenvalue weighted by Crippen LogP contribution is 2.31. The van der Waals surface area contributed by atoms with Crippen molar-refractivity contribution < 1.29 is 17.9 Å². The van der Waals surface area contributed by atoms with Gasteiger partial charge in [0, 0.05) is 17.7 Å². The molecule has 0 saturated carbocycles. The Morgan fingerprint density at radius 3 is 2.41 bits per heavy atom. The highest BCUT2D eigenvalue weighted by Gasteiger charge is 2.24. The van der Waals surface area contributed by atoms with Crippen LogP contribution in [0.25, 0.3) is 11.3 Å². The summed E-state index contributed by atoms with van der Waals surface area (Å²) in [6, 6.07) is 10.8. The molecule has 0 bridgehead atoms. The smallest absolute Gasteiger partial charge is 0.293 e. The van der Waals surface area contributed by atoms with E-state index in [0.717, 1.165) is 0 Å². The van der Waals surface area contributed by atoms with Gasteiger partial charge in [-0.1, -0.05) is 17.3 Å². The van der Waals surface area contributed by atoms with Gasteiger partial charge in [-0.2, -0.15) is 0 Å². The number of nitrogens with one attached hydrogen (secondary N) is 1. The summed E-state index contributed by atoms with van der Waals surface area (Å²) < 4.78 is 33.2. The van der Waals surface area contributed by atoms with Crippen LogP contribution >= 0.6 is 0 Å². The van der Waals surface area contributed by atoms with Crippen LogP contribution < -0.4 is 4.72 Å². The Hall–Kier alpha value is -3.20. The number of aryl methyl sites for hydroxylation is 3. The van der Waals surface area contributed by atoms with Crippen molar-refractivity contribution >= 4 is 21.4 Å². The Balaban J connectivity index is 2.00. The Kier molecular flexibility index (Phi) is 4.71. The molecule has 0 aliphatic carbocycles. The first-order chi connectivity index (χ1) is 12.7. The highest BCUT2D eigenvalue weighted by molar-refractivity contribution is 7.92. The number of rotatable bonds is 5. The van der Waals surface area contributed by atoms with Crippen molar-refractivity contribution in [2.24, 2.45) is 0 Å². The van der Waals surface area contributed by atoms with E-state index in [1.165, 1.54) is 18.2 Å². The molecule has 27 heavy (non-hydrogen) atoms. The van der Waals surface area contributed by atoms with Gasteiger partial charge >= 0.3 is 0 Å². The van der Waals surface area contributed by atoms with Crippen LogP contribution in [0.5, 0.6) is 0 Å². The lowest BCUT2D eigenvalue weighted by atomic mass is 10.1. The molecule has 1 heterocycles. The average Bonchev–Trinajstić information content (AvgIpc) is 3.02. The maximum atomic E-state index is 12.8. The van der Waals surface area contributed by atoms with Gasteiger partial charge in [0.1, 0.15) is 5.69 Å². The lowest BCUT2D eigenvalue weighted by Gasteiger charge is -2.13. The minimum Gasteiger partial charge on any atom is -0.356 e. The van der Waals surface area contributed by atoms with Gasteiger partial charge < -0.3 is 4.52 Å². The van der Waals surface area contributed by atoms with Crippen LogP contribution in [0, 0.1) is 30.9 Å². The third-order valence-electron chi connectivity index (χ3n) is 4.06. The summed E-state index contributed by atoms with van der Waals surface area (Å²) in [4.78, 5) is 10.6. The van der Waals surface area contributed by atoms with Gasteiger partial charge in [0.25, 0.3) is 15.7 Å². The zero-order valence-corrected chi connectivity index (χ0v) is 15.7. The summed E-state index contributed by atoms with van der Waals surface area (Å²) in [5.41, 5.74) is 1.99. The zero-order chi connectivity index (χ0) is 19.8. The predicted molar refractivity (Wildman–Crippen MR) is 100 cm³/mol. The Morgan fingerprint density at radius 2 is 1.81 bits per heavy atom. The predicted octanol–water partition coefficient (Wildman–Crippen LogP) is 3.98. The van der Waals surface area contributed by atoms with Gasteiger partial charge in [-0.25, -0.2) is 8.42 Å². The zero-order valence-electron chi connectivity index (χ0n) is 14.9. The standard InChI is InChI=1S/C18H17N3O5S/c1-11-5-4-6-15(21(22)23)18(11)20-27(24,25)17-8-7-14(9-12(17)2)16-10-13(3)19-26-16/h4-10,20H,1-3H3. The number of nitro benzene ring substituents is 1. The van der Waals surface area contributed by atoms with E-state index in [0.29, 0.717) is 28.1 Å². The highest BCUT2D eigenvalue weighted by atomic mass is 32.2. The van der Waals surface area contributed by atoms with Crippen LogP contribution in [0.15, 0.2) is 51.9 Å². The van der Waals surface area contributed by atoms with Crippen LogP contribution in [-0.2, 0) is 10.0 Å². The second kappa shape index (κ2) is 6.84. The average molecular weight is 387 g/mol. The summed E-state index contributed by atoms with van der Waals surface area (Å²) >= 11 is 0. The minimum atomic E-state index is -4.02. The monoisotopic (exact) mass is 387 g/mol. The molecular formula is C18H17N3O5S. The van der Waals surface area contributed by atoms with Gasteiger partial charge in [-0.05, 0) is 50.1 Å². The number of aromatic nitrogens is 1. The topological polar surface area (TPSA) is 115 Å². The van der Waals surface area contributed by atoms with Crippen LogP contribution in [-0.4, -0.2) is 18.5 Å². The van der Waals surface area contributed by atoms with Gasteiger partial charge in [-0.15, -0.1) is 0 Å². The van der Waals surface area contributed by atoms with E-state index < -0.39 is 14.9 Å². The first-order valence-electron chi connectivity index (χ1n) is 8.00. The molecule has 3 rings (SSSR count). The molecule has 0 saturated heterocycles. The van der Waals surface area contributed by atoms with Crippen LogP contribution in [0.4, 0.5) is 11.4 Å². The number of hydrogen-bond donors (Lipinski definition) is 1. The molecule has 8 nitrogen and oxygen atoms in total. The summed E-state index contributed by atoms with van der Waals surface area (Å²) in [6.45, 7) is 5.04. The fraction of sp³-hybridized carbons (Fsp3) is 0.167. The summed E-state index contributed by atoms with van der Waals surface area (Å²) in [5.74, 6) is 0.530. The van der Waals surface area contributed by atoms with E-state index in [4.69, 9.17) is 4.52 Å². The molecular weight excluding hydrogens is 370 g/mol. The van der Waals surface area contributed by atoms with E-state index in [2.05, 4.69) is 9.88 Å².